The SMILES string of the molecule is CC(=O)CCCCCc1cccc(C=O)c1.O=Cc1cccc(Br)c1. The van der Waals surface area contributed by atoms with Crippen LogP contribution in [-0.4, -0.2) is 18.4 Å². The Kier molecular flexibility index (Phi) is 10.3. The zero-order valence-electron chi connectivity index (χ0n) is 14.4. The smallest absolute Gasteiger partial charge is 0.150 e. The number of aldehydes is 2. The molecular formula is C21H23BrO3. The van der Waals surface area contributed by atoms with Crippen LogP contribution in [-0.2, 0) is 11.2 Å². The highest BCUT2D eigenvalue weighted by atomic mass is 79.9. The lowest BCUT2D eigenvalue weighted by Gasteiger charge is -2.01. The lowest BCUT2D eigenvalue weighted by Crippen LogP contribution is -1.91. The largest absolute Gasteiger partial charge is 0.300 e. The van der Waals surface area contributed by atoms with Gasteiger partial charge in [-0.2, -0.15) is 0 Å². The Hall–Kier alpha value is -2.07. The van der Waals surface area contributed by atoms with Crippen molar-refractivity contribution in [2.45, 2.75) is 39.0 Å². The number of ketones is 1. The third-order valence-electron chi connectivity index (χ3n) is 3.57. The third kappa shape index (κ3) is 9.72. The van der Waals surface area contributed by atoms with Crippen LogP contribution >= 0.6 is 15.9 Å². The molecule has 0 unspecified atom stereocenters. The number of rotatable bonds is 8. The monoisotopic (exact) mass is 402 g/mol. The Morgan fingerprint density at radius 1 is 0.920 bits per heavy atom. The first kappa shape index (κ1) is 21.0. The van der Waals surface area contributed by atoms with Crippen molar-refractivity contribution in [3.05, 3.63) is 69.7 Å². The van der Waals surface area contributed by atoms with Crippen LogP contribution in [0.5, 0.6) is 0 Å². The maximum Gasteiger partial charge on any atom is 0.150 e. The molecule has 0 saturated heterocycles. The van der Waals surface area contributed by atoms with E-state index in [2.05, 4.69) is 15.9 Å². The predicted octanol–water partition coefficient (Wildman–Crippen LogP) is 5.45. The van der Waals surface area contributed by atoms with Gasteiger partial charge in [0.2, 0.25) is 0 Å². The molecular weight excluding hydrogens is 380 g/mol. The number of aryl methyl sites for hydroxylation is 1. The summed E-state index contributed by atoms with van der Waals surface area (Å²) in [5.41, 5.74) is 2.64. The lowest BCUT2D eigenvalue weighted by atomic mass is 10.0. The van der Waals surface area contributed by atoms with E-state index in [-0.39, 0.29) is 5.78 Å². The molecule has 0 bridgehead atoms. The fourth-order valence-electron chi connectivity index (χ4n) is 2.28. The average molecular weight is 403 g/mol. The molecule has 0 atom stereocenters. The van der Waals surface area contributed by atoms with Gasteiger partial charge in [-0.1, -0.05) is 52.7 Å². The van der Waals surface area contributed by atoms with E-state index in [1.807, 2.05) is 36.4 Å². The molecule has 132 valence electrons. The molecule has 0 fully saturated rings. The zero-order chi connectivity index (χ0) is 18.5. The maximum atomic E-state index is 10.7. The molecule has 2 aromatic carbocycles. The van der Waals surface area contributed by atoms with E-state index in [1.54, 1.807) is 19.1 Å². The minimum absolute atomic E-state index is 0.267. The van der Waals surface area contributed by atoms with Crippen LogP contribution in [0.4, 0.5) is 0 Å². The molecule has 0 radical (unpaired) electrons. The standard InChI is InChI=1S/C14H18O2.C7H5BrO/c1-12(16)6-3-2-4-7-13-8-5-9-14(10-13)11-15;8-7-3-1-2-6(4-7)5-9/h5,8-11H,2-4,6-7H2,1H3;1-5H. The van der Waals surface area contributed by atoms with Crippen molar-refractivity contribution >= 4 is 34.3 Å². The second kappa shape index (κ2) is 12.3. The van der Waals surface area contributed by atoms with Crippen LogP contribution in [0.3, 0.4) is 0 Å². The summed E-state index contributed by atoms with van der Waals surface area (Å²) in [6.07, 6.45) is 6.50. The Bertz CT molecular complexity index is 695. The number of hydrogen-bond acceptors (Lipinski definition) is 3. The number of carbonyl (C=O) groups excluding carboxylic acids is 3. The summed E-state index contributed by atoms with van der Waals surface area (Å²) < 4.78 is 0.937. The van der Waals surface area contributed by atoms with Gasteiger partial charge in [0, 0.05) is 22.0 Å². The molecule has 3 nitrogen and oxygen atoms in total. The highest BCUT2D eigenvalue weighted by Crippen LogP contribution is 2.10. The van der Waals surface area contributed by atoms with Crippen LogP contribution in [0.15, 0.2) is 53.0 Å². The minimum atomic E-state index is 0.267. The number of unbranched alkanes of at least 4 members (excludes halogenated alkanes) is 2. The van der Waals surface area contributed by atoms with Gasteiger partial charge in [-0.05, 0) is 49.9 Å². The van der Waals surface area contributed by atoms with E-state index in [9.17, 15) is 14.4 Å². The molecule has 0 aliphatic carbocycles. The average Bonchev–Trinajstić information content (AvgIpc) is 2.62. The summed E-state index contributed by atoms with van der Waals surface area (Å²) in [5, 5.41) is 0. The van der Waals surface area contributed by atoms with Crippen molar-refractivity contribution in [3.8, 4) is 0 Å². The Balaban J connectivity index is 0.000000293. The fraction of sp³-hybridized carbons (Fsp3) is 0.286. The van der Waals surface area contributed by atoms with Gasteiger partial charge in [-0.3, -0.25) is 9.59 Å². The Morgan fingerprint density at radius 3 is 2.12 bits per heavy atom. The molecule has 0 aliphatic heterocycles. The van der Waals surface area contributed by atoms with Gasteiger partial charge >= 0.3 is 0 Å². The summed E-state index contributed by atoms with van der Waals surface area (Å²) in [7, 11) is 0. The van der Waals surface area contributed by atoms with E-state index >= 15 is 0 Å². The zero-order valence-corrected chi connectivity index (χ0v) is 16.0. The lowest BCUT2D eigenvalue weighted by molar-refractivity contribution is -0.117. The molecule has 0 spiro atoms. The molecule has 0 N–H and O–H groups in total. The summed E-state index contributed by atoms with van der Waals surface area (Å²) in [6, 6.07) is 14.9. The van der Waals surface area contributed by atoms with Crippen molar-refractivity contribution in [2.75, 3.05) is 0 Å². The van der Waals surface area contributed by atoms with E-state index in [0.29, 0.717) is 12.0 Å². The van der Waals surface area contributed by atoms with Crippen molar-refractivity contribution in [1.82, 2.24) is 0 Å². The quantitative estimate of drug-likeness (QED) is 0.435. The van der Waals surface area contributed by atoms with Gasteiger partial charge < -0.3 is 4.79 Å². The first-order valence-corrected chi connectivity index (χ1v) is 9.08. The van der Waals surface area contributed by atoms with Gasteiger partial charge in [-0.15, -0.1) is 0 Å². The topological polar surface area (TPSA) is 51.2 Å². The number of Topliss-reactive ketones (excluding diaryl/α,β-unsaturated/α-hetero) is 1. The second-order valence-electron chi connectivity index (χ2n) is 5.80. The van der Waals surface area contributed by atoms with Crippen LogP contribution in [0.2, 0.25) is 0 Å². The predicted molar refractivity (Wildman–Crippen MR) is 104 cm³/mol. The Morgan fingerprint density at radius 2 is 1.56 bits per heavy atom. The molecule has 0 saturated carbocycles. The number of halogens is 1. The molecule has 0 aromatic heterocycles. The van der Waals surface area contributed by atoms with Gasteiger partial charge in [0.05, 0.1) is 0 Å². The first-order valence-electron chi connectivity index (χ1n) is 8.29. The number of carbonyl (C=O) groups is 3. The van der Waals surface area contributed by atoms with E-state index in [4.69, 9.17) is 0 Å². The van der Waals surface area contributed by atoms with Gasteiger partial charge in [-0.25, -0.2) is 0 Å². The summed E-state index contributed by atoms with van der Waals surface area (Å²) in [5.74, 6) is 0.267. The molecule has 0 aliphatic rings. The number of hydrogen-bond donors (Lipinski definition) is 0. The highest BCUT2D eigenvalue weighted by Gasteiger charge is 1.97. The summed E-state index contributed by atoms with van der Waals surface area (Å²) in [6.45, 7) is 1.63. The van der Waals surface area contributed by atoms with Gasteiger partial charge in [0.1, 0.15) is 18.4 Å². The van der Waals surface area contributed by atoms with E-state index in [0.717, 1.165) is 48.3 Å². The normalized spacial score (nSPS) is 9.68. The molecule has 0 heterocycles. The van der Waals surface area contributed by atoms with E-state index in [1.165, 1.54) is 5.56 Å². The van der Waals surface area contributed by atoms with Gasteiger partial charge in [0.15, 0.2) is 0 Å². The first-order chi connectivity index (χ1) is 12.0. The summed E-state index contributed by atoms with van der Waals surface area (Å²) in [4.78, 5) is 31.4. The van der Waals surface area contributed by atoms with Crippen LogP contribution < -0.4 is 0 Å². The minimum Gasteiger partial charge on any atom is -0.300 e. The van der Waals surface area contributed by atoms with Gasteiger partial charge in [0.25, 0.3) is 0 Å². The second-order valence-corrected chi connectivity index (χ2v) is 6.71. The molecule has 25 heavy (non-hydrogen) atoms. The van der Waals surface area contributed by atoms with Crippen molar-refractivity contribution in [1.29, 1.82) is 0 Å². The van der Waals surface area contributed by atoms with Crippen molar-refractivity contribution in [3.63, 3.8) is 0 Å². The van der Waals surface area contributed by atoms with Crippen LogP contribution in [0.25, 0.3) is 0 Å². The van der Waals surface area contributed by atoms with Crippen molar-refractivity contribution < 1.29 is 14.4 Å². The third-order valence-corrected chi connectivity index (χ3v) is 4.06. The van der Waals surface area contributed by atoms with Crippen LogP contribution in [0.1, 0.15) is 58.9 Å². The number of benzene rings is 2. The molecule has 2 aromatic rings. The highest BCUT2D eigenvalue weighted by molar-refractivity contribution is 9.10. The molecule has 0 amide bonds. The fourth-order valence-corrected chi connectivity index (χ4v) is 2.70. The van der Waals surface area contributed by atoms with Crippen molar-refractivity contribution in [2.24, 2.45) is 0 Å². The maximum absolute atomic E-state index is 10.7. The van der Waals surface area contributed by atoms with Crippen LogP contribution in [0, 0.1) is 0 Å². The summed E-state index contributed by atoms with van der Waals surface area (Å²) >= 11 is 3.24. The Labute approximate surface area is 157 Å². The molecule has 4 heteroatoms. The molecule has 2 rings (SSSR count). The van der Waals surface area contributed by atoms with E-state index < -0.39 is 0 Å².